The van der Waals surface area contributed by atoms with Crippen LogP contribution in [0.1, 0.15) is 46.5 Å². The highest BCUT2D eigenvalue weighted by Gasteiger charge is 2.26. The minimum atomic E-state index is -0.232. The molecule has 0 unspecified atom stereocenters. The molecule has 3 N–H and O–H groups in total. The van der Waals surface area contributed by atoms with Gasteiger partial charge >= 0.3 is 0 Å². The van der Waals surface area contributed by atoms with E-state index in [9.17, 15) is 4.79 Å². The van der Waals surface area contributed by atoms with Gasteiger partial charge in [0.25, 0.3) is 0 Å². The maximum atomic E-state index is 11.4. The zero-order valence-electron chi connectivity index (χ0n) is 9.47. The fourth-order valence-electron chi connectivity index (χ4n) is 1.76. The van der Waals surface area contributed by atoms with E-state index < -0.39 is 0 Å². The van der Waals surface area contributed by atoms with E-state index in [4.69, 9.17) is 5.73 Å². The van der Waals surface area contributed by atoms with Crippen LogP contribution in [0.25, 0.3) is 0 Å². The van der Waals surface area contributed by atoms with E-state index in [1.807, 2.05) is 13.8 Å². The summed E-state index contributed by atoms with van der Waals surface area (Å²) in [6.45, 7) is 6.11. The molecule has 3 nitrogen and oxygen atoms in total. The summed E-state index contributed by atoms with van der Waals surface area (Å²) in [7, 11) is 0. The third-order valence-electron chi connectivity index (χ3n) is 2.74. The molecule has 0 spiro atoms. The van der Waals surface area contributed by atoms with Crippen molar-refractivity contribution in [3.05, 3.63) is 0 Å². The molecule has 14 heavy (non-hydrogen) atoms. The monoisotopic (exact) mass is 198 g/mol. The van der Waals surface area contributed by atoms with Gasteiger partial charge < -0.3 is 11.1 Å². The van der Waals surface area contributed by atoms with Crippen LogP contribution >= 0.6 is 0 Å². The first-order valence-corrected chi connectivity index (χ1v) is 5.45. The molecule has 0 aromatic carbocycles. The Bertz CT molecular complexity index is 202. The molecule has 1 amide bonds. The second-order valence-electron chi connectivity index (χ2n) is 5.33. The molecule has 1 saturated carbocycles. The van der Waals surface area contributed by atoms with Crippen molar-refractivity contribution in [2.24, 2.45) is 11.7 Å². The summed E-state index contributed by atoms with van der Waals surface area (Å²) < 4.78 is 0. The fourth-order valence-corrected chi connectivity index (χ4v) is 1.76. The standard InChI is InChI=1S/C11H22N2O/c1-8-6-9(7-8)13-10(14)4-5-11(2,3)12/h8-9H,4-7,12H2,1-3H3,(H,13,14). The summed E-state index contributed by atoms with van der Waals surface area (Å²) in [4.78, 5) is 11.4. The van der Waals surface area contributed by atoms with Crippen LogP contribution < -0.4 is 11.1 Å². The largest absolute Gasteiger partial charge is 0.353 e. The summed E-state index contributed by atoms with van der Waals surface area (Å²) in [5.74, 6) is 0.937. The Morgan fingerprint density at radius 2 is 2.07 bits per heavy atom. The Morgan fingerprint density at radius 3 is 2.50 bits per heavy atom. The summed E-state index contributed by atoms with van der Waals surface area (Å²) in [6.07, 6.45) is 3.57. The molecule has 0 radical (unpaired) electrons. The number of rotatable bonds is 4. The molecular weight excluding hydrogens is 176 g/mol. The molecule has 0 heterocycles. The third kappa shape index (κ3) is 4.09. The van der Waals surface area contributed by atoms with Gasteiger partial charge in [0.15, 0.2) is 0 Å². The number of hydrogen-bond donors (Lipinski definition) is 2. The van der Waals surface area contributed by atoms with Crippen molar-refractivity contribution in [1.82, 2.24) is 5.32 Å². The lowest BCUT2D eigenvalue weighted by Crippen LogP contribution is -2.44. The van der Waals surface area contributed by atoms with Crippen molar-refractivity contribution in [2.75, 3.05) is 0 Å². The first-order chi connectivity index (χ1) is 6.37. The highest BCUT2D eigenvalue weighted by molar-refractivity contribution is 5.76. The van der Waals surface area contributed by atoms with E-state index in [0.29, 0.717) is 12.5 Å². The topological polar surface area (TPSA) is 55.1 Å². The highest BCUT2D eigenvalue weighted by Crippen LogP contribution is 2.26. The molecule has 0 aliphatic heterocycles. The van der Waals surface area contributed by atoms with Crippen LogP contribution in [0.5, 0.6) is 0 Å². The zero-order valence-corrected chi connectivity index (χ0v) is 9.47. The van der Waals surface area contributed by atoms with Gasteiger partial charge in [0.2, 0.25) is 5.91 Å². The van der Waals surface area contributed by atoms with Gasteiger partial charge in [0.1, 0.15) is 0 Å². The Balaban J connectivity index is 2.11. The Hall–Kier alpha value is -0.570. The molecular formula is C11H22N2O. The molecule has 0 bridgehead atoms. The molecule has 1 aliphatic carbocycles. The molecule has 0 aromatic heterocycles. The second kappa shape index (κ2) is 4.30. The van der Waals surface area contributed by atoms with Gasteiger partial charge in [-0.3, -0.25) is 4.79 Å². The molecule has 0 saturated heterocycles. The quantitative estimate of drug-likeness (QED) is 0.717. The first kappa shape index (κ1) is 11.5. The van der Waals surface area contributed by atoms with Gasteiger partial charge in [-0.05, 0) is 39.0 Å². The summed E-state index contributed by atoms with van der Waals surface area (Å²) in [6, 6.07) is 0.429. The second-order valence-corrected chi connectivity index (χ2v) is 5.33. The molecule has 0 atom stereocenters. The minimum Gasteiger partial charge on any atom is -0.353 e. The van der Waals surface area contributed by atoms with Crippen LogP contribution in [0.3, 0.4) is 0 Å². The summed E-state index contributed by atoms with van der Waals surface area (Å²) >= 11 is 0. The van der Waals surface area contributed by atoms with Crippen molar-refractivity contribution in [1.29, 1.82) is 0 Å². The zero-order chi connectivity index (χ0) is 10.8. The number of carbonyl (C=O) groups is 1. The van der Waals surface area contributed by atoms with Crippen LogP contribution in [-0.4, -0.2) is 17.5 Å². The van der Waals surface area contributed by atoms with Crippen molar-refractivity contribution in [3.63, 3.8) is 0 Å². The average Bonchev–Trinajstić information content (AvgIpc) is 1.97. The lowest BCUT2D eigenvalue weighted by atomic mass is 9.82. The lowest BCUT2D eigenvalue weighted by molar-refractivity contribution is -0.122. The van der Waals surface area contributed by atoms with Crippen molar-refractivity contribution in [2.45, 2.75) is 58.0 Å². The number of hydrogen-bond acceptors (Lipinski definition) is 2. The van der Waals surface area contributed by atoms with E-state index in [1.165, 1.54) is 0 Å². The van der Waals surface area contributed by atoms with Crippen molar-refractivity contribution >= 4 is 5.91 Å². The van der Waals surface area contributed by atoms with Gasteiger partial charge in [0, 0.05) is 18.0 Å². The highest BCUT2D eigenvalue weighted by atomic mass is 16.1. The van der Waals surface area contributed by atoms with E-state index >= 15 is 0 Å². The lowest BCUT2D eigenvalue weighted by Gasteiger charge is -2.33. The van der Waals surface area contributed by atoms with Crippen molar-refractivity contribution < 1.29 is 4.79 Å². The normalized spacial score (nSPS) is 26.9. The maximum absolute atomic E-state index is 11.4. The number of nitrogens with one attached hydrogen (secondary N) is 1. The third-order valence-corrected chi connectivity index (χ3v) is 2.74. The van der Waals surface area contributed by atoms with Crippen LogP contribution in [0.15, 0.2) is 0 Å². The van der Waals surface area contributed by atoms with Crippen LogP contribution in [0, 0.1) is 5.92 Å². The summed E-state index contributed by atoms with van der Waals surface area (Å²) in [5.41, 5.74) is 5.57. The minimum absolute atomic E-state index is 0.153. The first-order valence-electron chi connectivity index (χ1n) is 5.45. The van der Waals surface area contributed by atoms with E-state index in [2.05, 4.69) is 12.2 Å². The Morgan fingerprint density at radius 1 is 1.50 bits per heavy atom. The molecule has 3 heteroatoms. The average molecular weight is 198 g/mol. The van der Waals surface area contributed by atoms with E-state index in [1.54, 1.807) is 0 Å². The van der Waals surface area contributed by atoms with Crippen LogP contribution in [-0.2, 0) is 4.79 Å². The molecule has 82 valence electrons. The maximum Gasteiger partial charge on any atom is 0.220 e. The molecule has 0 aromatic rings. The van der Waals surface area contributed by atoms with Gasteiger partial charge in [-0.15, -0.1) is 0 Å². The Labute approximate surface area is 86.4 Å². The van der Waals surface area contributed by atoms with E-state index in [-0.39, 0.29) is 11.4 Å². The number of amides is 1. The molecule has 1 rings (SSSR count). The van der Waals surface area contributed by atoms with E-state index in [0.717, 1.165) is 25.2 Å². The predicted octanol–water partition coefficient (Wildman–Crippen LogP) is 1.42. The smallest absolute Gasteiger partial charge is 0.220 e. The number of nitrogens with two attached hydrogens (primary N) is 1. The fraction of sp³-hybridized carbons (Fsp3) is 0.909. The Kier molecular flexibility index (Phi) is 3.53. The molecule has 1 aliphatic rings. The van der Waals surface area contributed by atoms with Crippen molar-refractivity contribution in [3.8, 4) is 0 Å². The van der Waals surface area contributed by atoms with Gasteiger partial charge in [-0.25, -0.2) is 0 Å². The van der Waals surface area contributed by atoms with Crippen LogP contribution in [0.4, 0.5) is 0 Å². The summed E-state index contributed by atoms with van der Waals surface area (Å²) in [5, 5.41) is 3.02. The number of carbonyl (C=O) groups excluding carboxylic acids is 1. The SMILES string of the molecule is CC1CC(NC(=O)CCC(C)(C)N)C1. The predicted molar refractivity (Wildman–Crippen MR) is 57.8 cm³/mol. The van der Waals surface area contributed by atoms with Gasteiger partial charge in [-0.2, -0.15) is 0 Å². The van der Waals surface area contributed by atoms with Gasteiger partial charge in [-0.1, -0.05) is 6.92 Å². The van der Waals surface area contributed by atoms with Crippen LogP contribution in [0.2, 0.25) is 0 Å². The van der Waals surface area contributed by atoms with Gasteiger partial charge in [0.05, 0.1) is 0 Å². The molecule has 1 fully saturated rings.